The van der Waals surface area contributed by atoms with Crippen molar-refractivity contribution < 1.29 is 18.8 Å². The molecule has 0 bridgehead atoms. The Labute approximate surface area is 128 Å². The molecule has 0 aliphatic heterocycles. The van der Waals surface area contributed by atoms with E-state index in [2.05, 4.69) is 15.2 Å². The maximum atomic E-state index is 12.0. The van der Waals surface area contributed by atoms with E-state index in [1.807, 2.05) is 6.92 Å². The maximum Gasteiger partial charge on any atom is 0.337 e. The standard InChI is InChI=1S/C16H18N2O4/c1-10-14(11(2)22-18-10)8-15(19)17-9-12-4-6-13(7-5-12)16(20)21-3/h4-7H,8-9H2,1-3H3,(H,17,19). The molecule has 0 aliphatic rings. The van der Waals surface area contributed by atoms with Gasteiger partial charge < -0.3 is 14.6 Å². The number of carbonyl (C=O) groups excluding carboxylic acids is 2. The second-order valence-corrected chi connectivity index (χ2v) is 4.94. The van der Waals surface area contributed by atoms with Gasteiger partial charge in [-0.3, -0.25) is 4.79 Å². The van der Waals surface area contributed by atoms with Gasteiger partial charge in [-0.1, -0.05) is 17.3 Å². The van der Waals surface area contributed by atoms with Crippen molar-refractivity contribution in [1.82, 2.24) is 10.5 Å². The van der Waals surface area contributed by atoms with Gasteiger partial charge in [0.15, 0.2) is 0 Å². The minimum atomic E-state index is -0.381. The third kappa shape index (κ3) is 3.72. The molecule has 0 fully saturated rings. The van der Waals surface area contributed by atoms with Gasteiger partial charge in [0.25, 0.3) is 0 Å². The van der Waals surface area contributed by atoms with Crippen molar-refractivity contribution >= 4 is 11.9 Å². The zero-order valence-electron chi connectivity index (χ0n) is 12.8. The van der Waals surface area contributed by atoms with Crippen LogP contribution in [-0.4, -0.2) is 24.1 Å². The van der Waals surface area contributed by atoms with E-state index >= 15 is 0 Å². The van der Waals surface area contributed by atoms with Gasteiger partial charge in [-0.25, -0.2) is 4.79 Å². The smallest absolute Gasteiger partial charge is 0.337 e. The topological polar surface area (TPSA) is 81.4 Å². The predicted octanol–water partition coefficient (Wildman–Crippen LogP) is 1.94. The number of nitrogens with one attached hydrogen (secondary N) is 1. The highest BCUT2D eigenvalue weighted by atomic mass is 16.5. The second kappa shape index (κ2) is 6.89. The number of hydrogen-bond acceptors (Lipinski definition) is 5. The Balaban J connectivity index is 1.90. The molecule has 22 heavy (non-hydrogen) atoms. The summed E-state index contributed by atoms with van der Waals surface area (Å²) >= 11 is 0. The van der Waals surface area contributed by atoms with E-state index in [4.69, 9.17) is 4.52 Å². The Morgan fingerprint density at radius 3 is 2.45 bits per heavy atom. The fourth-order valence-electron chi connectivity index (χ4n) is 2.05. The van der Waals surface area contributed by atoms with Crippen LogP contribution in [0, 0.1) is 13.8 Å². The van der Waals surface area contributed by atoms with Crippen LogP contribution in [0.15, 0.2) is 28.8 Å². The summed E-state index contributed by atoms with van der Waals surface area (Å²) in [6.45, 7) is 3.99. The third-order valence-corrected chi connectivity index (χ3v) is 3.38. The molecular formula is C16H18N2O4. The molecular weight excluding hydrogens is 284 g/mol. The molecule has 0 radical (unpaired) electrons. The minimum absolute atomic E-state index is 0.105. The van der Waals surface area contributed by atoms with Gasteiger partial charge in [0.05, 0.1) is 24.8 Å². The van der Waals surface area contributed by atoms with Crippen LogP contribution in [0.5, 0.6) is 0 Å². The average Bonchev–Trinajstić information content (AvgIpc) is 2.84. The van der Waals surface area contributed by atoms with Crippen LogP contribution in [0.4, 0.5) is 0 Å². The number of hydrogen-bond donors (Lipinski definition) is 1. The molecule has 6 nitrogen and oxygen atoms in total. The lowest BCUT2D eigenvalue weighted by molar-refractivity contribution is -0.120. The first kappa shape index (κ1) is 15.8. The summed E-state index contributed by atoms with van der Waals surface area (Å²) in [5.74, 6) is 0.176. The number of methoxy groups -OCH3 is 1. The Morgan fingerprint density at radius 2 is 1.91 bits per heavy atom. The Bertz CT molecular complexity index is 654. The fraction of sp³-hybridized carbons (Fsp3) is 0.312. The number of amides is 1. The number of benzene rings is 1. The summed E-state index contributed by atoms with van der Waals surface area (Å²) in [4.78, 5) is 23.3. The summed E-state index contributed by atoms with van der Waals surface area (Å²) in [7, 11) is 1.34. The van der Waals surface area contributed by atoms with E-state index < -0.39 is 0 Å². The van der Waals surface area contributed by atoms with Gasteiger partial charge in [0.2, 0.25) is 5.91 Å². The van der Waals surface area contributed by atoms with Crippen molar-refractivity contribution in [3.05, 3.63) is 52.4 Å². The van der Waals surface area contributed by atoms with Crippen LogP contribution >= 0.6 is 0 Å². The molecule has 1 heterocycles. The van der Waals surface area contributed by atoms with Crippen molar-refractivity contribution in [3.63, 3.8) is 0 Å². The average molecular weight is 302 g/mol. The number of carbonyl (C=O) groups is 2. The number of nitrogens with zero attached hydrogens (tertiary/aromatic N) is 1. The number of esters is 1. The first-order valence-electron chi connectivity index (χ1n) is 6.87. The van der Waals surface area contributed by atoms with Crippen LogP contribution in [0.3, 0.4) is 0 Å². The summed E-state index contributed by atoms with van der Waals surface area (Å²) in [6.07, 6.45) is 0.238. The SMILES string of the molecule is COC(=O)c1ccc(CNC(=O)Cc2c(C)noc2C)cc1. The zero-order valence-corrected chi connectivity index (χ0v) is 12.8. The third-order valence-electron chi connectivity index (χ3n) is 3.38. The quantitative estimate of drug-likeness (QED) is 0.854. The van der Waals surface area contributed by atoms with Crippen LogP contribution in [0.2, 0.25) is 0 Å². The monoisotopic (exact) mass is 302 g/mol. The van der Waals surface area contributed by atoms with Crippen LogP contribution in [0.25, 0.3) is 0 Å². The van der Waals surface area contributed by atoms with E-state index in [0.29, 0.717) is 17.9 Å². The number of rotatable bonds is 5. The molecule has 1 aromatic heterocycles. The summed E-state index contributed by atoms with van der Waals surface area (Å²) in [5.41, 5.74) is 2.93. The molecule has 1 amide bonds. The first-order chi connectivity index (χ1) is 10.5. The Hall–Kier alpha value is -2.63. The van der Waals surface area contributed by atoms with E-state index in [-0.39, 0.29) is 18.3 Å². The summed E-state index contributed by atoms with van der Waals surface area (Å²) in [6, 6.07) is 6.90. The van der Waals surface area contributed by atoms with E-state index in [1.165, 1.54) is 7.11 Å². The molecule has 2 aromatic rings. The van der Waals surface area contributed by atoms with Crippen molar-refractivity contribution in [2.45, 2.75) is 26.8 Å². The molecule has 6 heteroatoms. The molecule has 0 atom stereocenters. The normalized spacial score (nSPS) is 10.3. The number of aromatic nitrogens is 1. The lowest BCUT2D eigenvalue weighted by Gasteiger charge is -2.06. The Kier molecular flexibility index (Phi) is 4.93. The molecule has 0 aliphatic carbocycles. The van der Waals surface area contributed by atoms with Crippen molar-refractivity contribution in [2.75, 3.05) is 7.11 Å². The summed E-state index contributed by atoms with van der Waals surface area (Å²) < 4.78 is 9.66. The van der Waals surface area contributed by atoms with Crippen LogP contribution < -0.4 is 5.32 Å². The molecule has 0 saturated heterocycles. The highest BCUT2D eigenvalue weighted by molar-refractivity contribution is 5.89. The number of ether oxygens (including phenoxy) is 1. The van der Waals surface area contributed by atoms with Gasteiger partial charge in [0.1, 0.15) is 5.76 Å². The van der Waals surface area contributed by atoms with E-state index in [0.717, 1.165) is 16.8 Å². The largest absolute Gasteiger partial charge is 0.465 e. The van der Waals surface area contributed by atoms with Gasteiger partial charge in [0, 0.05) is 12.1 Å². The lowest BCUT2D eigenvalue weighted by Crippen LogP contribution is -2.25. The zero-order chi connectivity index (χ0) is 16.1. The molecule has 0 unspecified atom stereocenters. The van der Waals surface area contributed by atoms with Crippen LogP contribution in [0.1, 0.15) is 32.9 Å². The minimum Gasteiger partial charge on any atom is -0.465 e. The lowest BCUT2D eigenvalue weighted by atomic mass is 10.1. The van der Waals surface area contributed by atoms with Gasteiger partial charge in [-0.2, -0.15) is 0 Å². The van der Waals surface area contributed by atoms with Crippen LogP contribution in [-0.2, 0) is 22.5 Å². The highest BCUT2D eigenvalue weighted by Gasteiger charge is 2.13. The molecule has 1 aromatic carbocycles. The predicted molar refractivity (Wildman–Crippen MR) is 79.3 cm³/mol. The van der Waals surface area contributed by atoms with Gasteiger partial charge in [-0.05, 0) is 31.5 Å². The Morgan fingerprint density at radius 1 is 1.23 bits per heavy atom. The van der Waals surface area contributed by atoms with Crippen molar-refractivity contribution in [3.8, 4) is 0 Å². The van der Waals surface area contributed by atoms with E-state index in [9.17, 15) is 9.59 Å². The fourth-order valence-corrected chi connectivity index (χ4v) is 2.05. The highest BCUT2D eigenvalue weighted by Crippen LogP contribution is 2.13. The molecule has 116 valence electrons. The summed E-state index contributed by atoms with van der Waals surface area (Å²) in [5, 5.41) is 6.65. The molecule has 0 saturated carbocycles. The van der Waals surface area contributed by atoms with E-state index in [1.54, 1.807) is 31.2 Å². The molecule has 0 spiro atoms. The maximum absolute atomic E-state index is 12.0. The van der Waals surface area contributed by atoms with Crippen molar-refractivity contribution in [2.24, 2.45) is 0 Å². The van der Waals surface area contributed by atoms with Crippen molar-refractivity contribution in [1.29, 1.82) is 0 Å². The van der Waals surface area contributed by atoms with Gasteiger partial charge >= 0.3 is 5.97 Å². The van der Waals surface area contributed by atoms with Gasteiger partial charge in [-0.15, -0.1) is 0 Å². The molecule has 1 N–H and O–H groups in total. The second-order valence-electron chi connectivity index (χ2n) is 4.94. The molecule has 2 rings (SSSR count). The number of aryl methyl sites for hydroxylation is 2. The first-order valence-corrected chi connectivity index (χ1v) is 6.87.